The van der Waals surface area contributed by atoms with Crippen LogP contribution in [0.5, 0.6) is 0 Å². The predicted molar refractivity (Wildman–Crippen MR) is 83.7 cm³/mol. The molecular weight excluding hydrogens is 248 g/mol. The third-order valence-corrected chi connectivity index (χ3v) is 5.10. The molecule has 1 unspecified atom stereocenters. The second-order valence-corrected chi connectivity index (χ2v) is 6.71. The number of carbonyl (C=O) groups excluding carboxylic acids is 1. The molecule has 20 heavy (non-hydrogen) atoms. The zero-order valence-corrected chi connectivity index (χ0v) is 13.2. The first-order valence-electron chi connectivity index (χ1n) is 8.75. The summed E-state index contributed by atoms with van der Waals surface area (Å²) in [4.78, 5) is 14.0. The number of hydrogen-bond donors (Lipinski definition) is 1. The highest BCUT2D eigenvalue weighted by Crippen LogP contribution is 2.33. The number of carbonyl (C=O) groups is 1. The lowest BCUT2D eigenvalue weighted by molar-refractivity contribution is -0.131. The number of amides is 1. The monoisotopic (exact) mass is 280 g/mol. The highest BCUT2D eigenvalue weighted by Gasteiger charge is 2.29. The van der Waals surface area contributed by atoms with E-state index in [0.717, 1.165) is 25.6 Å². The summed E-state index contributed by atoms with van der Waals surface area (Å²) in [5, 5.41) is 3.50. The van der Waals surface area contributed by atoms with Gasteiger partial charge in [-0.05, 0) is 38.1 Å². The van der Waals surface area contributed by atoms with Crippen LogP contribution >= 0.6 is 0 Å². The van der Waals surface area contributed by atoms with E-state index in [1.165, 1.54) is 64.2 Å². The highest BCUT2D eigenvalue weighted by molar-refractivity contribution is 5.73. The molecule has 2 bridgehead atoms. The van der Waals surface area contributed by atoms with Crippen molar-refractivity contribution in [2.24, 2.45) is 5.92 Å². The molecule has 0 aromatic heterocycles. The summed E-state index contributed by atoms with van der Waals surface area (Å²) < 4.78 is 0. The van der Waals surface area contributed by atoms with Crippen LogP contribution in [-0.4, -0.2) is 36.5 Å². The Hall–Kier alpha value is -0.570. The fourth-order valence-electron chi connectivity index (χ4n) is 3.91. The molecule has 0 aromatic rings. The summed E-state index contributed by atoms with van der Waals surface area (Å²) in [6.07, 6.45) is 13.5. The molecule has 116 valence electrons. The van der Waals surface area contributed by atoms with Gasteiger partial charge in [-0.2, -0.15) is 0 Å². The summed E-state index contributed by atoms with van der Waals surface area (Å²) in [6.45, 7) is 4.70. The minimum absolute atomic E-state index is 0.266. The van der Waals surface area contributed by atoms with Gasteiger partial charge in [0.1, 0.15) is 0 Å². The molecule has 1 aliphatic heterocycles. The molecule has 2 rings (SSSR count). The summed E-state index contributed by atoms with van der Waals surface area (Å²) in [6, 6.07) is 0.518. The molecule has 0 radical (unpaired) electrons. The van der Waals surface area contributed by atoms with Crippen LogP contribution in [0.4, 0.5) is 0 Å². The Kier molecular flexibility index (Phi) is 6.85. The Morgan fingerprint density at radius 1 is 0.950 bits per heavy atom. The van der Waals surface area contributed by atoms with E-state index in [1.54, 1.807) is 6.92 Å². The van der Waals surface area contributed by atoms with Gasteiger partial charge < -0.3 is 10.2 Å². The Balaban J connectivity index is 1.87. The zero-order valence-electron chi connectivity index (χ0n) is 13.2. The van der Waals surface area contributed by atoms with Crippen molar-refractivity contribution in [2.75, 3.05) is 19.6 Å². The van der Waals surface area contributed by atoms with Gasteiger partial charge >= 0.3 is 0 Å². The molecule has 2 fully saturated rings. The fraction of sp³-hybridized carbons (Fsp3) is 0.941. The number of rotatable bonds is 0. The zero-order chi connectivity index (χ0) is 14.2. The standard InChI is InChI=1S/C17H32N2O/c1-15(20)19-13-12-18-11-7-5-3-2-4-6-8-16-9-10-17(19)14-16/h16-18H,2-14H2,1H3/t16?,17-/m0/s1. The number of fused-ring (bicyclic) bond motifs is 2. The van der Waals surface area contributed by atoms with Crippen LogP contribution in [-0.2, 0) is 4.79 Å². The molecule has 3 heteroatoms. The van der Waals surface area contributed by atoms with E-state index in [-0.39, 0.29) is 5.91 Å². The SMILES string of the molecule is CC(=O)N1CCNCCCCCCCCC2CC[C@H]1C2. The van der Waals surface area contributed by atoms with Gasteiger partial charge in [-0.3, -0.25) is 4.79 Å². The highest BCUT2D eigenvalue weighted by atomic mass is 16.2. The maximum atomic E-state index is 11.9. The van der Waals surface area contributed by atoms with Crippen LogP contribution in [0.15, 0.2) is 0 Å². The molecule has 1 amide bonds. The Bertz CT molecular complexity index is 293. The predicted octanol–water partition coefficient (Wildman–Crippen LogP) is 3.34. The molecular formula is C17H32N2O. The van der Waals surface area contributed by atoms with Gasteiger partial charge in [0.05, 0.1) is 0 Å². The van der Waals surface area contributed by atoms with Crippen molar-refractivity contribution in [3.05, 3.63) is 0 Å². The van der Waals surface area contributed by atoms with Gasteiger partial charge in [0.2, 0.25) is 5.91 Å². The quantitative estimate of drug-likeness (QED) is 0.738. The van der Waals surface area contributed by atoms with Crippen LogP contribution in [0.2, 0.25) is 0 Å². The maximum Gasteiger partial charge on any atom is 0.219 e. The first-order chi connectivity index (χ1) is 9.77. The average molecular weight is 280 g/mol. The van der Waals surface area contributed by atoms with Crippen LogP contribution < -0.4 is 5.32 Å². The van der Waals surface area contributed by atoms with Gasteiger partial charge in [-0.1, -0.05) is 38.5 Å². The Morgan fingerprint density at radius 3 is 2.50 bits per heavy atom. The van der Waals surface area contributed by atoms with Crippen molar-refractivity contribution < 1.29 is 4.79 Å². The van der Waals surface area contributed by atoms with Crippen LogP contribution in [0, 0.1) is 5.92 Å². The van der Waals surface area contributed by atoms with Gasteiger partial charge in [-0.15, -0.1) is 0 Å². The van der Waals surface area contributed by atoms with E-state index in [1.807, 2.05) is 0 Å². The lowest BCUT2D eigenvalue weighted by atomic mass is 9.98. The molecule has 1 saturated heterocycles. The third kappa shape index (κ3) is 5.08. The molecule has 1 N–H and O–H groups in total. The molecule has 0 aromatic carbocycles. The molecule has 2 atom stereocenters. The number of nitrogens with zero attached hydrogens (tertiary/aromatic N) is 1. The average Bonchev–Trinajstić information content (AvgIpc) is 2.86. The van der Waals surface area contributed by atoms with Gasteiger partial charge in [0.25, 0.3) is 0 Å². The van der Waals surface area contributed by atoms with E-state index in [2.05, 4.69) is 10.2 Å². The van der Waals surface area contributed by atoms with E-state index in [4.69, 9.17) is 0 Å². The molecule has 2 aliphatic rings. The Morgan fingerprint density at radius 2 is 1.70 bits per heavy atom. The Labute approximate surface area is 124 Å². The van der Waals surface area contributed by atoms with E-state index >= 15 is 0 Å². The molecule has 1 aliphatic carbocycles. The van der Waals surface area contributed by atoms with Gasteiger partial charge in [0, 0.05) is 26.1 Å². The third-order valence-electron chi connectivity index (χ3n) is 5.10. The van der Waals surface area contributed by atoms with Crippen molar-refractivity contribution in [1.82, 2.24) is 10.2 Å². The van der Waals surface area contributed by atoms with Gasteiger partial charge in [-0.25, -0.2) is 0 Å². The van der Waals surface area contributed by atoms with Crippen molar-refractivity contribution in [3.8, 4) is 0 Å². The summed E-state index contributed by atoms with van der Waals surface area (Å²) >= 11 is 0. The fourth-order valence-corrected chi connectivity index (χ4v) is 3.91. The van der Waals surface area contributed by atoms with Crippen LogP contribution in [0.25, 0.3) is 0 Å². The second-order valence-electron chi connectivity index (χ2n) is 6.71. The largest absolute Gasteiger partial charge is 0.339 e. The molecule has 1 heterocycles. The first kappa shape index (κ1) is 15.8. The maximum absolute atomic E-state index is 11.9. The molecule has 1 saturated carbocycles. The van der Waals surface area contributed by atoms with E-state index in [0.29, 0.717) is 6.04 Å². The van der Waals surface area contributed by atoms with Crippen LogP contribution in [0.1, 0.15) is 71.1 Å². The van der Waals surface area contributed by atoms with E-state index < -0.39 is 0 Å². The summed E-state index contributed by atoms with van der Waals surface area (Å²) in [7, 11) is 0. The van der Waals surface area contributed by atoms with Crippen molar-refractivity contribution in [2.45, 2.75) is 77.2 Å². The number of nitrogens with one attached hydrogen (secondary N) is 1. The lowest BCUT2D eigenvalue weighted by Gasteiger charge is -2.28. The summed E-state index contributed by atoms with van der Waals surface area (Å²) in [5.74, 6) is 1.14. The smallest absolute Gasteiger partial charge is 0.219 e. The van der Waals surface area contributed by atoms with Crippen molar-refractivity contribution in [1.29, 1.82) is 0 Å². The van der Waals surface area contributed by atoms with E-state index in [9.17, 15) is 4.79 Å². The number of hydrogen-bond acceptors (Lipinski definition) is 2. The van der Waals surface area contributed by atoms with Crippen molar-refractivity contribution >= 4 is 5.91 Å². The van der Waals surface area contributed by atoms with Gasteiger partial charge in [0.15, 0.2) is 0 Å². The minimum Gasteiger partial charge on any atom is -0.339 e. The topological polar surface area (TPSA) is 32.3 Å². The van der Waals surface area contributed by atoms with Crippen LogP contribution in [0.3, 0.4) is 0 Å². The van der Waals surface area contributed by atoms with Crippen molar-refractivity contribution in [3.63, 3.8) is 0 Å². The molecule has 3 nitrogen and oxygen atoms in total. The minimum atomic E-state index is 0.266. The normalized spacial score (nSPS) is 30.6. The lowest BCUT2D eigenvalue weighted by Crippen LogP contribution is -2.42. The second kappa shape index (κ2) is 8.66. The first-order valence-corrected chi connectivity index (χ1v) is 8.75. The summed E-state index contributed by atoms with van der Waals surface area (Å²) in [5.41, 5.74) is 0. The molecule has 0 spiro atoms.